The van der Waals surface area contributed by atoms with Gasteiger partial charge in [-0.3, -0.25) is 5.43 Å². The molecular weight excluding hydrogens is 294 g/mol. The lowest BCUT2D eigenvalue weighted by atomic mass is 10.0. The fraction of sp³-hybridized carbons (Fsp3) is 0.125. The van der Waals surface area contributed by atoms with Crippen LogP contribution in [0.15, 0.2) is 52.5 Å². The predicted octanol–water partition coefficient (Wildman–Crippen LogP) is 2.16. The summed E-state index contributed by atoms with van der Waals surface area (Å²) < 4.78 is 5.66. The van der Waals surface area contributed by atoms with E-state index in [9.17, 15) is 4.79 Å². The van der Waals surface area contributed by atoms with Crippen LogP contribution in [0.25, 0.3) is 10.8 Å². The normalized spacial score (nSPS) is 11.0. The first-order chi connectivity index (χ1) is 11.3. The monoisotopic (exact) mass is 309 g/mol. The number of aromatic nitrogens is 3. The highest BCUT2D eigenvalue weighted by Gasteiger charge is 2.06. The summed E-state index contributed by atoms with van der Waals surface area (Å²) in [6.07, 6.45) is 3.03. The van der Waals surface area contributed by atoms with Gasteiger partial charge in [0.2, 0.25) is 0 Å². The number of hydrazone groups is 1. The van der Waals surface area contributed by atoms with Crippen LogP contribution < -0.4 is 15.9 Å². The second-order valence-electron chi connectivity index (χ2n) is 4.67. The first-order valence-corrected chi connectivity index (χ1v) is 7.13. The second kappa shape index (κ2) is 6.69. The van der Waals surface area contributed by atoms with Crippen LogP contribution in [0.4, 0.5) is 5.82 Å². The van der Waals surface area contributed by atoms with Gasteiger partial charge in [0.15, 0.2) is 5.82 Å². The topological polar surface area (TPSA) is 92.3 Å². The molecule has 1 aromatic heterocycles. The molecule has 0 radical (unpaired) electrons. The lowest BCUT2D eigenvalue weighted by Gasteiger charge is -2.10. The maximum atomic E-state index is 11.1. The molecule has 2 aromatic carbocycles. The van der Waals surface area contributed by atoms with Crippen LogP contribution in [0.5, 0.6) is 5.75 Å². The molecule has 0 aliphatic heterocycles. The summed E-state index contributed by atoms with van der Waals surface area (Å²) in [5.41, 5.74) is 3.01. The van der Waals surface area contributed by atoms with Crippen molar-refractivity contribution in [2.24, 2.45) is 5.10 Å². The van der Waals surface area contributed by atoms with E-state index in [1.165, 1.54) is 6.20 Å². The summed E-state index contributed by atoms with van der Waals surface area (Å²) >= 11 is 0. The molecule has 7 heteroatoms. The molecule has 0 amide bonds. The average Bonchev–Trinajstić information content (AvgIpc) is 2.57. The van der Waals surface area contributed by atoms with E-state index < -0.39 is 5.69 Å². The van der Waals surface area contributed by atoms with Gasteiger partial charge in [-0.1, -0.05) is 30.3 Å². The van der Waals surface area contributed by atoms with Gasteiger partial charge in [-0.15, -0.1) is 0 Å². The Labute approximate surface area is 132 Å². The van der Waals surface area contributed by atoms with E-state index >= 15 is 0 Å². The summed E-state index contributed by atoms with van der Waals surface area (Å²) in [6.45, 7) is 2.49. The zero-order valence-corrected chi connectivity index (χ0v) is 12.5. The minimum Gasteiger partial charge on any atom is -0.493 e. The lowest BCUT2D eigenvalue weighted by molar-refractivity contribution is 0.340. The van der Waals surface area contributed by atoms with Gasteiger partial charge in [0, 0.05) is 5.56 Å². The zero-order valence-electron chi connectivity index (χ0n) is 12.5. The molecule has 23 heavy (non-hydrogen) atoms. The van der Waals surface area contributed by atoms with Gasteiger partial charge in [0.1, 0.15) is 5.75 Å². The Bertz CT molecular complexity index is 904. The van der Waals surface area contributed by atoms with E-state index in [1.54, 1.807) is 6.21 Å². The van der Waals surface area contributed by atoms with Crippen LogP contribution in [-0.4, -0.2) is 28.0 Å². The number of ether oxygens (including phenoxy) is 1. The molecular formula is C16H15N5O2. The summed E-state index contributed by atoms with van der Waals surface area (Å²) in [5.74, 6) is 1.01. The smallest absolute Gasteiger partial charge is 0.363 e. The molecule has 0 bridgehead atoms. The van der Waals surface area contributed by atoms with Gasteiger partial charge in [-0.25, -0.2) is 9.89 Å². The van der Waals surface area contributed by atoms with Crippen molar-refractivity contribution in [3.05, 3.63) is 58.6 Å². The van der Waals surface area contributed by atoms with Gasteiger partial charge >= 0.3 is 5.69 Å². The molecule has 0 aliphatic rings. The largest absolute Gasteiger partial charge is 0.493 e. The highest BCUT2D eigenvalue weighted by molar-refractivity contribution is 6.02. The summed E-state index contributed by atoms with van der Waals surface area (Å²) in [6, 6.07) is 11.9. The van der Waals surface area contributed by atoms with Crippen molar-refractivity contribution in [3.8, 4) is 5.75 Å². The van der Waals surface area contributed by atoms with Crippen LogP contribution in [-0.2, 0) is 0 Å². The molecule has 3 aromatic rings. The van der Waals surface area contributed by atoms with Crippen LogP contribution in [0.2, 0.25) is 0 Å². The minimum absolute atomic E-state index is 0.267. The van der Waals surface area contributed by atoms with Gasteiger partial charge in [0.05, 0.1) is 19.0 Å². The predicted molar refractivity (Wildman–Crippen MR) is 89.0 cm³/mol. The second-order valence-corrected chi connectivity index (χ2v) is 4.67. The van der Waals surface area contributed by atoms with E-state index in [-0.39, 0.29) is 5.82 Å². The SMILES string of the molecule is CCOc1ccc2ccccc2c1/C=N/Nc1cn[nH]c(=O)n1. The molecule has 0 fully saturated rings. The van der Waals surface area contributed by atoms with E-state index in [0.717, 1.165) is 22.1 Å². The van der Waals surface area contributed by atoms with Crippen molar-refractivity contribution < 1.29 is 4.74 Å². The Morgan fingerprint density at radius 1 is 1.30 bits per heavy atom. The number of aromatic amines is 1. The van der Waals surface area contributed by atoms with Crippen LogP contribution in [0.3, 0.4) is 0 Å². The van der Waals surface area contributed by atoms with Crippen molar-refractivity contribution in [2.75, 3.05) is 12.0 Å². The maximum absolute atomic E-state index is 11.1. The first kappa shape index (κ1) is 14.7. The van der Waals surface area contributed by atoms with Crippen molar-refractivity contribution in [1.82, 2.24) is 15.2 Å². The lowest BCUT2D eigenvalue weighted by Crippen LogP contribution is -2.13. The number of hydrogen-bond acceptors (Lipinski definition) is 6. The molecule has 1 heterocycles. The Balaban J connectivity index is 1.95. The fourth-order valence-corrected chi connectivity index (χ4v) is 2.22. The fourth-order valence-electron chi connectivity index (χ4n) is 2.22. The molecule has 0 saturated heterocycles. The molecule has 2 N–H and O–H groups in total. The summed E-state index contributed by atoms with van der Waals surface area (Å²) in [5, 5.41) is 12.1. The van der Waals surface area contributed by atoms with Gasteiger partial charge < -0.3 is 4.74 Å². The number of hydrogen-bond donors (Lipinski definition) is 2. The molecule has 7 nitrogen and oxygen atoms in total. The number of benzene rings is 2. The van der Waals surface area contributed by atoms with Gasteiger partial charge in [-0.05, 0) is 23.8 Å². The van der Waals surface area contributed by atoms with Crippen molar-refractivity contribution >= 4 is 22.8 Å². The van der Waals surface area contributed by atoms with E-state index in [0.29, 0.717) is 6.61 Å². The molecule has 116 valence electrons. The average molecular weight is 309 g/mol. The highest BCUT2D eigenvalue weighted by atomic mass is 16.5. The van der Waals surface area contributed by atoms with Crippen molar-refractivity contribution in [1.29, 1.82) is 0 Å². The molecule has 0 saturated carbocycles. The molecule has 0 unspecified atom stereocenters. The number of H-pyrrole nitrogens is 1. The Morgan fingerprint density at radius 2 is 2.17 bits per heavy atom. The number of nitrogens with one attached hydrogen (secondary N) is 2. The van der Waals surface area contributed by atoms with Gasteiger partial charge in [0.25, 0.3) is 0 Å². The summed E-state index contributed by atoms with van der Waals surface area (Å²) in [4.78, 5) is 14.8. The van der Waals surface area contributed by atoms with Gasteiger partial charge in [-0.2, -0.15) is 15.2 Å². The molecule has 0 spiro atoms. The first-order valence-electron chi connectivity index (χ1n) is 7.13. The van der Waals surface area contributed by atoms with E-state index in [2.05, 4.69) is 25.7 Å². The number of fused-ring (bicyclic) bond motifs is 1. The third kappa shape index (κ3) is 3.34. The minimum atomic E-state index is -0.537. The Morgan fingerprint density at radius 3 is 3.00 bits per heavy atom. The van der Waals surface area contributed by atoms with Crippen molar-refractivity contribution in [3.63, 3.8) is 0 Å². The number of nitrogens with zero attached hydrogens (tertiary/aromatic N) is 3. The quantitative estimate of drug-likeness (QED) is 0.556. The molecule has 0 atom stereocenters. The van der Waals surface area contributed by atoms with E-state index in [1.807, 2.05) is 43.3 Å². The third-order valence-corrected chi connectivity index (χ3v) is 3.17. The van der Waals surface area contributed by atoms with Crippen LogP contribution in [0.1, 0.15) is 12.5 Å². The van der Waals surface area contributed by atoms with Crippen molar-refractivity contribution in [2.45, 2.75) is 6.92 Å². The molecule has 0 aliphatic carbocycles. The standard InChI is InChI=1S/C16H15N5O2/c1-2-23-14-8-7-11-5-3-4-6-12(11)13(14)9-17-20-15-10-18-21-16(22)19-15/h3-10H,2H2,1H3,(H2,19,20,21,22)/b17-9+. The summed E-state index contributed by atoms with van der Waals surface area (Å²) in [7, 11) is 0. The van der Waals surface area contributed by atoms with E-state index in [4.69, 9.17) is 4.74 Å². The zero-order chi connectivity index (χ0) is 16.1. The maximum Gasteiger partial charge on any atom is 0.363 e. The Hall–Kier alpha value is -3.22. The molecule has 3 rings (SSSR count). The van der Waals surface area contributed by atoms with Crippen LogP contribution >= 0.6 is 0 Å². The van der Waals surface area contributed by atoms with Crippen LogP contribution in [0, 0.1) is 0 Å². The highest BCUT2D eigenvalue weighted by Crippen LogP contribution is 2.26. The number of rotatable bonds is 5. The third-order valence-electron chi connectivity index (χ3n) is 3.17. The Kier molecular flexibility index (Phi) is 4.28. The number of anilines is 1.